The fourth-order valence-electron chi connectivity index (χ4n) is 1.78. The van der Waals surface area contributed by atoms with Gasteiger partial charge in [0.1, 0.15) is 5.78 Å². The van der Waals surface area contributed by atoms with Gasteiger partial charge in [0.2, 0.25) is 0 Å². The molecule has 0 saturated carbocycles. The zero-order chi connectivity index (χ0) is 13.6. The molecule has 0 aromatic rings. The molecule has 0 fully saturated rings. The molecule has 0 heterocycles. The maximum Gasteiger partial charge on any atom is 0.303 e. The SMILES string of the molecule is CCCC(=O)CC=CCCCCCCCC(=O)O. The van der Waals surface area contributed by atoms with Crippen molar-refractivity contribution in [1.29, 1.82) is 0 Å². The summed E-state index contributed by atoms with van der Waals surface area (Å²) in [5.41, 5.74) is 0. The number of ketones is 1. The quantitative estimate of drug-likeness (QED) is 0.421. The Bertz CT molecular complexity index is 256. The first-order valence-corrected chi connectivity index (χ1v) is 7.05. The summed E-state index contributed by atoms with van der Waals surface area (Å²) >= 11 is 0. The molecule has 0 aromatic carbocycles. The van der Waals surface area contributed by atoms with Crippen LogP contribution >= 0.6 is 0 Å². The molecule has 18 heavy (non-hydrogen) atoms. The van der Waals surface area contributed by atoms with E-state index in [9.17, 15) is 9.59 Å². The molecule has 0 atom stereocenters. The van der Waals surface area contributed by atoms with Crippen molar-refractivity contribution in [2.24, 2.45) is 0 Å². The third-order valence-corrected chi connectivity index (χ3v) is 2.80. The van der Waals surface area contributed by atoms with Crippen molar-refractivity contribution in [3.05, 3.63) is 12.2 Å². The molecule has 1 N–H and O–H groups in total. The molecule has 0 aliphatic heterocycles. The van der Waals surface area contributed by atoms with Gasteiger partial charge < -0.3 is 5.11 Å². The summed E-state index contributed by atoms with van der Waals surface area (Å²) in [5.74, 6) is -0.378. The van der Waals surface area contributed by atoms with Crippen LogP contribution in [0.25, 0.3) is 0 Å². The van der Waals surface area contributed by atoms with Crippen LogP contribution in [0.5, 0.6) is 0 Å². The van der Waals surface area contributed by atoms with Crippen molar-refractivity contribution in [3.8, 4) is 0 Å². The lowest BCUT2D eigenvalue weighted by Gasteiger charge is -1.98. The smallest absolute Gasteiger partial charge is 0.303 e. The second kappa shape index (κ2) is 12.3. The Morgan fingerprint density at radius 3 is 2.28 bits per heavy atom. The number of carbonyl (C=O) groups excluding carboxylic acids is 1. The molecule has 0 aliphatic rings. The van der Waals surface area contributed by atoms with E-state index in [0.29, 0.717) is 25.0 Å². The summed E-state index contributed by atoms with van der Waals surface area (Å²) in [6.07, 6.45) is 12.8. The van der Waals surface area contributed by atoms with Gasteiger partial charge in [-0.05, 0) is 25.7 Å². The minimum atomic E-state index is -0.699. The number of hydrogen-bond acceptors (Lipinski definition) is 2. The van der Waals surface area contributed by atoms with E-state index in [-0.39, 0.29) is 0 Å². The van der Waals surface area contributed by atoms with Gasteiger partial charge in [0.15, 0.2) is 0 Å². The van der Waals surface area contributed by atoms with E-state index in [0.717, 1.165) is 44.9 Å². The highest BCUT2D eigenvalue weighted by atomic mass is 16.4. The Balaban J connectivity index is 3.22. The van der Waals surface area contributed by atoms with E-state index >= 15 is 0 Å². The molecule has 0 aliphatic carbocycles. The van der Waals surface area contributed by atoms with Crippen molar-refractivity contribution in [3.63, 3.8) is 0 Å². The fraction of sp³-hybridized carbons (Fsp3) is 0.733. The van der Waals surface area contributed by atoms with Gasteiger partial charge in [0.25, 0.3) is 0 Å². The Morgan fingerprint density at radius 1 is 0.944 bits per heavy atom. The van der Waals surface area contributed by atoms with E-state index in [1.165, 1.54) is 0 Å². The number of carboxylic acid groups (broad SMARTS) is 1. The average Bonchev–Trinajstić information content (AvgIpc) is 2.31. The molecule has 3 nitrogen and oxygen atoms in total. The topological polar surface area (TPSA) is 54.4 Å². The van der Waals surface area contributed by atoms with Crippen LogP contribution in [0.2, 0.25) is 0 Å². The van der Waals surface area contributed by atoms with Crippen LogP contribution < -0.4 is 0 Å². The minimum absolute atomic E-state index is 0.291. The molecule has 0 rings (SSSR count). The molecule has 0 radical (unpaired) electrons. The molecule has 0 unspecified atom stereocenters. The number of unbranched alkanes of at least 4 members (excludes halogenated alkanes) is 5. The Labute approximate surface area is 110 Å². The van der Waals surface area contributed by atoms with E-state index < -0.39 is 5.97 Å². The van der Waals surface area contributed by atoms with E-state index in [1.54, 1.807) is 0 Å². The molecule has 104 valence electrons. The predicted octanol–water partition coefficient (Wildman–Crippen LogP) is 4.12. The summed E-state index contributed by atoms with van der Waals surface area (Å²) in [5, 5.41) is 8.46. The minimum Gasteiger partial charge on any atom is -0.481 e. The number of aliphatic carboxylic acids is 1. The molecule has 0 bridgehead atoms. The van der Waals surface area contributed by atoms with E-state index in [2.05, 4.69) is 6.08 Å². The monoisotopic (exact) mass is 254 g/mol. The van der Waals surface area contributed by atoms with Crippen LogP contribution in [0.15, 0.2) is 12.2 Å². The van der Waals surface area contributed by atoms with Crippen molar-refractivity contribution in [1.82, 2.24) is 0 Å². The Hall–Kier alpha value is -1.12. The summed E-state index contributed by atoms with van der Waals surface area (Å²) in [4.78, 5) is 21.5. The van der Waals surface area contributed by atoms with Gasteiger partial charge >= 0.3 is 5.97 Å². The molecule has 0 aromatic heterocycles. The molecule has 0 saturated heterocycles. The van der Waals surface area contributed by atoms with Crippen LogP contribution in [0, 0.1) is 0 Å². The van der Waals surface area contributed by atoms with Crippen molar-refractivity contribution in [2.75, 3.05) is 0 Å². The highest BCUT2D eigenvalue weighted by Crippen LogP contribution is 2.08. The van der Waals surface area contributed by atoms with Crippen LogP contribution in [0.1, 0.15) is 71.1 Å². The van der Waals surface area contributed by atoms with Gasteiger partial charge in [0.05, 0.1) is 0 Å². The van der Waals surface area contributed by atoms with Crippen molar-refractivity contribution < 1.29 is 14.7 Å². The molecular weight excluding hydrogens is 228 g/mol. The summed E-state index contributed by atoms with van der Waals surface area (Å²) < 4.78 is 0. The second-order valence-corrected chi connectivity index (χ2v) is 4.66. The first kappa shape index (κ1) is 16.9. The maximum atomic E-state index is 11.2. The van der Waals surface area contributed by atoms with Gasteiger partial charge in [0, 0.05) is 19.3 Å². The van der Waals surface area contributed by atoms with Crippen LogP contribution in [-0.2, 0) is 9.59 Å². The fourth-order valence-corrected chi connectivity index (χ4v) is 1.78. The van der Waals surface area contributed by atoms with Gasteiger partial charge in [-0.15, -0.1) is 0 Å². The summed E-state index contributed by atoms with van der Waals surface area (Å²) in [6, 6.07) is 0. The predicted molar refractivity (Wildman–Crippen MR) is 73.6 cm³/mol. The molecule has 0 amide bonds. The van der Waals surface area contributed by atoms with Gasteiger partial charge in [-0.25, -0.2) is 0 Å². The number of hydrogen-bond donors (Lipinski definition) is 1. The van der Waals surface area contributed by atoms with E-state index in [1.807, 2.05) is 13.0 Å². The first-order chi connectivity index (χ1) is 8.66. The van der Waals surface area contributed by atoms with Crippen LogP contribution in [0.3, 0.4) is 0 Å². The maximum absolute atomic E-state index is 11.2. The number of Topliss-reactive ketones (excluding diaryl/α,β-unsaturated/α-hetero) is 1. The number of carboxylic acids is 1. The third kappa shape index (κ3) is 12.9. The number of allylic oxidation sites excluding steroid dienone is 2. The average molecular weight is 254 g/mol. The highest BCUT2D eigenvalue weighted by molar-refractivity contribution is 5.79. The molecular formula is C15H26O3. The van der Waals surface area contributed by atoms with Gasteiger partial charge in [-0.3, -0.25) is 9.59 Å². The lowest BCUT2D eigenvalue weighted by molar-refractivity contribution is -0.137. The first-order valence-electron chi connectivity index (χ1n) is 7.05. The standard InChI is InChI=1S/C15H26O3/c1-2-11-14(16)12-9-7-5-3-4-6-8-10-13-15(17)18/h7,9H,2-6,8,10-13H2,1H3,(H,17,18). The van der Waals surface area contributed by atoms with Crippen LogP contribution in [0.4, 0.5) is 0 Å². The largest absolute Gasteiger partial charge is 0.481 e. The molecule has 0 spiro atoms. The Kier molecular flexibility index (Phi) is 11.6. The normalized spacial score (nSPS) is 10.9. The van der Waals surface area contributed by atoms with Gasteiger partial charge in [-0.2, -0.15) is 0 Å². The zero-order valence-corrected chi connectivity index (χ0v) is 11.5. The number of rotatable bonds is 12. The third-order valence-electron chi connectivity index (χ3n) is 2.80. The zero-order valence-electron chi connectivity index (χ0n) is 11.5. The second-order valence-electron chi connectivity index (χ2n) is 4.66. The lowest BCUT2D eigenvalue weighted by atomic mass is 10.1. The summed E-state index contributed by atoms with van der Waals surface area (Å²) in [6.45, 7) is 2.02. The number of carbonyl (C=O) groups is 2. The van der Waals surface area contributed by atoms with Crippen molar-refractivity contribution in [2.45, 2.75) is 71.1 Å². The van der Waals surface area contributed by atoms with E-state index in [4.69, 9.17) is 5.11 Å². The summed E-state index contributed by atoms with van der Waals surface area (Å²) in [7, 11) is 0. The Morgan fingerprint density at radius 2 is 1.61 bits per heavy atom. The van der Waals surface area contributed by atoms with Crippen molar-refractivity contribution >= 4 is 11.8 Å². The van der Waals surface area contributed by atoms with Crippen LogP contribution in [-0.4, -0.2) is 16.9 Å². The van der Waals surface area contributed by atoms with Gasteiger partial charge in [-0.1, -0.05) is 38.3 Å². The highest BCUT2D eigenvalue weighted by Gasteiger charge is 1.96. The lowest BCUT2D eigenvalue weighted by Crippen LogP contribution is -1.93. The molecule has 3 heteroatoms.